The van der Waals surface area contributed by atoms with Crippen molar-refractivity contribution in [2.45, 2.75) is 32.8 Å². The van der Waals surface area contributed by atoms with E-state index in [0.717, 1.165) is 25.6 Å². The number of halogens is 1. The van der Waals surface area contributed by atoms with Crippen LogP contribution in [-0.2, 0) is 0 Å². The molecule has 2 rings (SSSR count). The van der Waals surface area contributed by atoms with Crippen molar-refractivity contribution in [3.8, 4) is 0 Å². The highest BCUT2D eigenvalue weighted by Gasteiger charge is 2.19. The van der Waals surface area contributed by atoms with Crippen LogP contribution in [0.4, 0.5) is 4.39 Å². The Labute approximate surface area is 108 Å². The maximum atomic E-state index is 13.4. The molecule has 0 amide bonds. The van der Waals surface area contributed by atoms with Gasteiger partial charge in [0.25, 0.3) is 0 Å². The van der Waals surface area contributed by atoms with Gasteiger partial charge in [0.15, 0.2) is 0 Å². The third-order valence-electron chi connectivity index (χ3n) is 3.81. The van der Waals surface area contributed by atoms with Crippen LogP contribution in [0.15, 0.2) is 18.2 Å². The lowest BCUT2D eigenvalue weighted by molar-refractivity contribution is 0.147. The van der Waals surface area contributed by atoms with Crippen LogP contribution >= 0.6 is 0 Å². The van der Waals surface area contributed by atoms with Crippen molar-refractivity contribution in [2.75, 3.05) is 19.6 Å². The van der Waals surface area contributed by atoms with Crippen molar-refractivity contribution in [1.82, 2.24) is 4.90 Å². The predicted octanol–water partition coefficient (Wildman–Crippen LogP) is 2.90. The molecule has 2 nitrogen and oxygen atoms in total. The first-order chi connectivity index (χ1) is 8.56. The summed E-state index contributed by atoms with van der Waals surface area (Å²) in [5.74, 6) is 0.528. The molecule has 2 unspecified atom stereocenters. The van der Waals surface area contributed by atoms with Gasteiger partial charge in [-0.05, 0) is 49.4 Å². The minimum atomic E-state index is -0.559. The van der Waals surface area contributed by atoms with Gasteiger partial charge in [0.1, 0.15) is 5.82 Å². The topological polar surface area (TPSA) is 23.5 Å². The second kappa shape index (κ2) is 5.81. The molecule has 1 heterocycles. The fraction of sp³-hybridized carbons (Fsp3) is 0.600. The van der Waals surface area contributed by atoms with Crippen LogP contribution in [0.3, 0.4) is 0 Å². The molecule has 1 fully saturated rings. The average molecular weight is 251 g/mol. The first kappa shape index (κ1) is 13.5. The third-order valence-corrected chi connectivity index (χ3v) is 3.81. The summed E-state index contributed by atoms with van der Waals surface area (Å²) in [5.41, 5.74) is 1.31. The van der Waals surface area contributed by atoms with Gasteiger partial charge in [-0.2, -0.15) is 0 Å². The Morgan fingerprint density at radius 2 is 2.28 bits per heavy atom. The van der Waals surface area contributed by atoms with E-state index in [1.165, 1.54) is 12.5 Å². The molecule has 1 aromatic rings. The quantitative estimate of drug-likeness (QED) is 0.889. The van der Waals surface area contributed by atoms with Gasteiger partial charge in [-0.1, -0.05) is 19.1 Å². The van der Waals surface area contributed by atoms with Crippen LogP contribution in [0.1, 0.15) is 37.0 Å². The highest BCUT2D eigenvalue weighted by atomic mass is 19.1. The Balaban J connectivity index is 1.87. The largest absolute Gasteiger partial charge is 0.388 e. The first-order valence-corrected chi connectivity index (χ1v) is 6.72. The second-order valence-corrected chi connectivity index (χ2v) is 5.51. The second-order valence-electron chi connectivity index (χ2n) is 5.51. The summed E-state index contributed by atoms with van der Waals surface area (Å²) in [5, 5.41) is 10.1. The van der Waals surface area contributed by atoms with Crippen molar-refractivity contribution in [2.24, 2.45) is 5.92 Å². The van der Waals surface area contributed by atoms with Gasteiger partial charge in [0, 0.05) is 13.1 Å². The van der Waals surface area contributed by atoms with E-state index in [2.05, 4.69) is 11.8 Å². The minimum Gasteiger partial charge on any atom is -0.388 e. The van der Waals surface area contributed by atoms with Crippen molar-refractivity contribution >= 4 is 0 Å². The molecule has 1 aliphatic rings. The molecule has 1 saturated heterocycles. The number of benzene rings is 1. The molecule has 1 aromatic carbocycles. The number of aliphatic hydroxyl groups is 1. The number of aliphatic hydroxyl groups excluding tert-OH is 1. The molecule has 100 valence electrons. The fourth-order valence-electron chi connectivity index (χ4n) is 2.52. The molecule has 0 bridgehead atoms. The Morgan fingerprint density at radius 3 is 2.89 bits per heavy atom. The van der Waals surface area contributed by atoms with Crippen LogP contribution < -0.4 is 0 Å². The number of aryl methyl sites for hydroxylation is 1. The Kier molecular flexibility index (Phi) is 4.36. The van der Waals surface area contributed by atoms with Crippen LogP contribution in [0.2, 0.25) is 0 Å². The highest BCUT2D eigenvalue weighted by Crippen LogP contribution is 2.21. The van der Waals surface area contributed by atoms with Gasteiger partial charge < -0.3 is 10.0 Å². The lowest BCUT2D eigenvalue weighted by atomic mass is 10.0. The zero-order valence-electron chi connectivity index (χ0n) is 11.2. The van der Waals surface area contributed by atoms with Gasteiger partial charge in [-0.25, -0.2) is 4.39 Å². The molecule has 1 aliphatic heterocycles. The molecule has 0 aliphatic carbocycles. The fourth-order valence-corrected chi connectivity index (χ4v) is 2.52. The van der Waals surface area contributed by atoms with Gasteiger partial charge in [0.2, 0.25) is 0 Å². The lowest BCUT2D eigenvalue weighted by Crippen LogP contribution is -2.23. The van der Waals surface area contributed by atoms with E-state index in [9.17, 15) is 9.50 Å². The Hall–Kier alpha value is -0.930. The summed E-state index contributed by atoms with van der Waals surface area (Å²) < 4.78 is 13.4. The molecule has 1 N–H and O–H groups in total. The Morgan fingerprint density at radius 1 is 1.50 bits per heavy atom. The van der Waals surface area contributed by atoms with Crippen molar-refractivity contribution in [3.05, 3.63) is 35.1 Å². The summed E-state index contributed by atoms with van der Waals surface area (Å²) in [7, 11) is 0. The van der Waals surface area contributed by atoms with Crippen LogP contribution in [-0.4, -0.2) is 29.6 Å². The number of rotatable bonds is 4. The van der Waals surface area contributed by atoms with E-state index in [-0.39, 0.29) is 5.82 Å². The number of likely N-dealkylation sites (tertiary alicyclic amines) is 1. The number of hydrogen-bond donors (Lipinski definition) is 1. The summed E-state index contributed by atoms with van der Waals surface area (Å²) in [6.45, 7) is 7.12. The van der Waals surface area contributed by atoms with Crippen molar-refractivity contribution in [3.63, 3.8) is 0 Å². The summed E-state index contributed by atoms with van der Waals surface area (Å²) >= 11 is 0. The monoisotopic (exact) mass is 251 g/mol. The zero-order chi connectivity index (χ0) is 13.1. The normalized spacial score (nSPS) is 22.3. The molecule has 0 spiro atoms. The molecule has 18 heavy (non-hydrogen) atoms. The van der Waals surface area contributed by atoms with E-state index in [0.29, 0.717) is 17.5 Å². The number of nitrogens with zero attached hydrogens (tertiary/aromatic N) is 1. The molecule has 2 atom stereocenters. The van der Waals surface area contributed by atoms with Gasteiger partial charge in [-0.3, -0.25) is 0 Å². The summed E-state index contributed by atoms with van der Waals surface area (Å²) in [6, 6.07) is 4.99. The maximum absolute atomic E-state index is 13.4. The smallest absolute Gasteiger partial charge is 0.126 e. The van der Waals surface area contributed by atoms with E-state index in [1.807, 2.05) is 6.07 Å². The van der Waals surface area contributed by atoms with Crippen LogP contribution in [0, 0.1) is 18.7 Å². The van der Waals surface area contributed by atoms with Crippen LogP contribution in [0.25, 0.3) is 0 Å². The zero-order valence-corrected chi connectivity index (χ0v) is 11.2. The van der Waals surface area contributed by atoms with Crippen molar-refractivity contribution < 1.29 is 9.50 Å². The van der Waals surface area contributed by atoms with E-state index in [1.54, 1.807) is 13.0 Å². The summed E-state index contributed by atoms with van der Waals surface area (Å²) in [6.07, 6.45) is 1.36. The van der Waals surface area contributed by atoms with Gasteiger partial charge >= 0.3 is 0 Å². The highest BCUT2D eigenvalue weighted by molar-refractivity contribution is 5.24. The molecular formula is C15H22FNO. The molecule has 0 saturated carbocycles. The van der Waals surface area contributed by atoms with E-state index < -0.39 is 6.10 Å². The number of hydrogen-bond acceptors (Lipinski definition) is 2. The standard InChI is InChI=1S/C15H22FNO/c1-11-5-7-17(10-11)8-6-15(18)13-4-3-12(2)14(16)9-13/h3-4,9,11,15,18H,5-8,10H2,1-2H3. The maximum Gasteiger partial charge on any atom is 0.126 e. The minimum absolute atomic E-state index is 0.235. The third kappa shape index (κ3) is 3.30. The summed E-state index contributed by atoms with van der Waals surface area (Å²) in [4.78, 5) is 2.37. The molecule has 3 heteroatoms. The predicted molar refractivity (Wildman–Crippen MR) is 70.9 cm³/mol. The lowest BCUT2D eigenvalue weighted by Gasteiger charge is -2.18. The Bertz CT molecular complexity index is 407. The van der Waals surface area contributed by atoms with Crippen LogP contribution in [0.5, 0.6) is 0 Å². The van der Waals surface area contributed by atoms with E-state index >= 15 is 0 Å². The van der Waals surface area contributed by atoms with Crippen molar-refractivity contribution in [1.29, 1.82) is 0 Å². The molecule has 0 radical (unpaired) electrons. The first-order valence-electron chi connectivity index (χ1n) is 6.72. The molecule has 0 aromatic heterocycles. The average Bonchev–Trinajstić information content (AvgIpc) is 2.75. The SMILES string of the molecule is Cc1ccc(C(O)CCN2CCC(C)C2)cc1F. The molecular weight excluding hydrogens is 229 g/mol. The van der Waals surface area contributed by atoms with E-state index in [4.69, 9.17) is 0 Å². The van der Waals surface area contributed by atoms with Gasteiger partial charge in [0.05, 0.1) is 6.10 Å². The van der Waals surface area contributed by atoms with Gasteiger partial charge in [-0.15, -0.1) is 0 Å².